The van der Waals surface area contributed by atoms with Gasteiger partial charge in [0, 0.05) is 22.3 Å². The van der Waals surface area contributed by atoms with Gasteiger partial charge in [0.2, 0.25) is 5.88 Å². The van der Waals surface area contributed by atoms with Crippen molar-refractivity contribution in [3.63, 3.8) is 0 Å². The fourth-order valence-corrected chi connectivity index (χ4v) is 2.72. The Morgan fingerprint density at radius 2 is 1.81 bits per heavy atom. The van der Waals surface area contributed by atoms with E-state index in [-0.39, 0.29) is 5.88 Å². The zero-order valence-corrected chi connectivity index (χ0v) is 14.3. The molecule has 0 saturated carbocycles. The van der Waals surface area contributed by atoms with Gasteiger partial charge < -0.3 is 15.8 Å². The zero-order chi connectivity index (χ0) is 17.9. The molecule has 26 heavy (non-hydrogen) atoms. The molecule has 0 amide bonds. The van der Waals surface area contributed by atoms with Gasteiger partial charge in [-0.15, -0.1) is 0 Å². The molecule has 4 aromatic rings. The summed E-state index contributed by atoms with van der Waals surface area (Å²) in [5.74, 6) is 1.26. The lowest BCUT2D eigenvalue weighted by molar-refractivity contribution is 0.469. The van der Waals surface area contributed by atoms with Gasteiger partial charge in [0.15, 0.2) is 11.6 Å². The molecule has 0 bridgehead atoms. The van der Waals surface area contributed by atoms with Crippen molar-refractivity contribution in [1.29, 1.82) is 0 Å². The summed E-state index contributed by atoms with van der Waals surface area (Å²) in [5.41, 5.74) is 7.99. The number of aromatic nitrogens is 3. The number of hydrogen-bond donors (Lipinski definition) is 2. The lowest BCUT2D eigenvalue weighted by Gasteiger charge is -2.12. The van der Waals surface area contributed by atoms with E-state index in [9.17, 15) is 0 Å². The number of para-hydroxylation sites is 1. The van der Waals surface area contributed by atoms with Crippen molar-refractivity contribution in [3.8, 4) is 11.6 Å². The molecule has 2 aromatic carbocycles. The summed E-state index contributed by atoms with van der Waals surface area (Å²) in [4.78, 5) is 12.7. The molecule has 0 aliphatic carbocycles. The lowest BCUT2D eigenvalue weighted by atomic mass is 10.2. The van der Waals surface area contributed by atoms with Crippen LogP contribution < -0.4 is 15.8 Å². The minimum atomic E-state index is 0.252. The molecule has 128 valence electrons. The van der Waals surface area contributed by atoms with Crippen LogP contribution in [0.2, 0.25) is 5.02 Å². The van der Waals surface area contributed by atoms with E-state index in [1.165, 1.54) is 6.33 Å². The highest BCUT2D eigenvalue weighted by Crippen LogP contribution is 2.33. The number of nitrogens with zero attached hydrogens (tertiary/aromatic N) is 3. The van der Waals surface area contributed by atoms with Crippen LogP contribution in [0.1, 0.15) is 0 Å². The van der Waals surface area contributed by atoms with Gasteiger partial charge in [-0.3, -0.25) is 4.98 Å². The molecule has 3 N–H and O–H groups in total. The molecular formula is C19H14ClN5O. The third kappa shape index (κ3) is 3.22. The summed E-state index contributed by atoms with van der Waals surface area (Å²) in [5, 5.41) is 4.70. The smallest absolute Gasteiger partial charge is 0.248 e. The third-order valence-corrected chi connectivity index (χ3v) is 3.97. The first-order chi connectivity index (χ1) is 12.7. The van der Waals surface area contributed by atoms with Crippen molar-refractivity contribution in [2.75, 3.05) is 11.1 Å². The average molecular weight is 364 g/mol. The van der Waals surface area contributed by atoms with E-state index in [0.29, 0.717) is 22.3 Å². The van der Waals surface area contributed by atoms with Gasteiger partial charge in [-0.05, 0) is 30.3 Å². The van der Waals surface area contributed by atoms with Crippen LogP contribution in [0.25, 0.3) is 10.9 Å². The standard InChI is InChI=1S/C19H14ClN5O/c20-13-6-2-7-14(10-13)25-18-16(21)19(24-11-23-18)26-15-8-1-4-12-5-3-9-22-17(12)15/h1-11H,21H2,(H,23,24,25). The molecule has 2 heterocycles. The van der Waals surface area contributed by atoms with Crippen LogP contribution in [0.4, 0.5) is 17.2 Å². The molecular weight excluding hydrogens is 350 g/mol. The number of anilines is 3. The van der Waals surface area contributed by atoms with Crippen LogP contribution >= 0.6 is 11.6 Å². The Bertz CT molecular complexity index is 1080. The maximum atomic E-state index is 6.20. The number of nitrogen functional groups attached to an aromatic ring is 1. The number of benzene rings is 2. The monoisotopic (exact) mass is 363 g/mol. The molecule has 7 heteroatoms. The molecule has 6 nitrogen and oxygen atoms in total. The second-order valence-corrected chi connectivity index (χ2v) is 5.95. The zero-order valence-electron chi connectivity index (χ0n) is 13.6. The van der Waals surface area contributed by atoms with E-state index in [1.807, 2.05) is 42.5 Å². The molecule has 2 aromatic heterocycles. The molecule has 0 aliphatic heterocycles. The van der Waals surface area contributed by atoms with Gasteiger partial charge in [-0.1, -0.05) is 35.9 Å². The van der Waals surface area contributed by atoms with E-state index in [1.54, 1.807) is 18.3 Å². The largest absolute Gasteiger partial charge is 0.435 e. The van der Waals surface area contributed by atoms with Crippen molar-refractivity contribution in [2.24, 2.45) is 0 Å². The van der Waals surface area contributed by atoms with E-state index >= 15 is 0 Å². The Kier molecular flexibility index (Phi) is 4.25. The maximum absolute atomic E-state index is 6.20. The van der Waals surface area contributed by atoms with Gasteiger partial charge in [-0.2, -0.15) is 4.98 Å². The molecule has 0 unspecified atom stereocenters. The van der Waals surface area contributed by atoms with Crippen LogP contribution in [0, 0.1) is 0 Å². The summed E-state index contributed by atoms with van der Waals surface area (Å²) < 4.78 is 5.92. The Balaban J connectivity index is 1.67. The number of rotatable bonds is 4. The number of nitrogens with one attached hydrogen (secondary N) is 1. The fourth-order valence-electron chi connectivity index (χ4n) is 2.53. The molecule has 0 radical (unpaired) electrons. The van der Waals surface area contributed by atoms with Crippen molar-refractivity contribution in [3.05, 3.63) is 72.1 Å². The Morgan fingerprint density at radius 1 is 0.962 bits per heavy atom. The first kappa shape index (κ1) is 16.1. The number of fused-ring (bicyclic) bond motifs is 1. The first-order valence-electron chi connectivity index (χ1n) is 7.85. The van der Waals surface area contributed by atoms with Crippen LogP contribution in [-0.2, 0) is 0 Å². The van der Waals surface area contributed by atoms with E-state index in [2.05, 4.69) is 20.3 Å². The average Bonchev–Trinajstić information content (AvgIpc) is 2.65. The van der Waals surface area contributed by atoms with E-state index < -0.39 is 0 Å². The van der Waals surface area contributed by atoms with Crippen molar-refractivity contribution >= 4 is 39.7 Å². The summed E-state index contributed by atoms with van der Waals surface area (Å²) in [6.45, 7) is 0. The Morgan fingerprint density at radius 3 is 2.69 bits per heavy atom. The number of hydrogen-bond acceptors (Lipinski definition) is 6. The third-order valence-electron chi connectivity index (χ3n) is 3.74. The summed E-state index contributed by atoms with van der Waals surface area (Å²) >= 11 is 6.01. The number of halogens is 1. The maximum Gasteiger partial charge on any atom is 0.248 e. The predicted octanol–water partition coefficient (Wildman–Crippen LogP) is 4.80. The minimum absolute atomic E-state index is 0.252. The van der Waals surface area contributed by atoms with Crippen LogP contribution in [0.5, 0.6) is 11.6 Å². The fraction of sp³-hybridized carbons (Fsp3) is 0. The van der Waals surface area contributed by atoms with Gasteiger partial charge in [0.05, 0.1) is 0 Å². The van der Waals surface area contributed by atoms with Crippen molar-refractivity contribution < 1.29 is 4.74 Å². The SMILES string of the molecule is Nc1c(Nc2cccc(Cl)c2)ncnc1Oc1cccc2cccnc12. The molecule has 0 atom stereocenters. The molecule has 4 rings (SSSR count). The molecule has 0 aliphatic rings. The molecule has 0 fully saturated rings. The van der Waals surface area contributed by atoms with Crippen LogP contribution in [0.3, 0.4) is 0 Å². The number of nitrogens with two attached hydrogens (primary N) is 1. The lowest BCUT2D eigenvalue weighted by Crippen LogP contribution is -2.03. The molecule has 0 spiro atoms. The van der Waals surface area contributed by atoms with Crippen LogP contribution in [0.15, 0.2) is 67.1 Å². The minimum Gasteiger partial charge on any atom is -0.435 e. The topological polar surface area (TPSA) is 86.0 Å². The summed E-state index contributed by atoms with van der Waals surface area (Å²) in [7, 11) is 0. The van der Waals surface area contributed by atoms with Crippen LogP contribution in [-0.4, -0.2) is 15.0 Å². The van der Waals surface area contributed by atoms with Crippen molar-refractivity contribution in [1.82, 2.24) is 15.0 Å². The first-order valence-corrected chi connectivity index (χ1v) is 8.23. The predicted molar refractivity (Wildman–Crippen MR) is 103 cm³/mol. The van der Waals surface area contributed by atoms with Gasteiger partial charge in [0.1, 0.15) is 17.5 Å². The molecule has 0 saturated heterocycles. The van der Waals surface area contributed by atoms with Gasteiger partial charge in [0.25, 0.3) is 0 Å². The van der Waals surface area contributed by atoms with Crippen molar-refractivity contribution in [2.45, 2.75) is 0 Å². The quantitative estimate of drug-likeness (QED) is 0.541. The highest BCUT2D eigenvalue weighted by molar-refractivity contribution is 6.30. The Labute approximate surface area is 154 Å². The van der Waals surface area contributed by atoms with E-state index in [4.69, 9.17) is 22.1 Å². The normalized spacial score (nSPS) is 10.7. The van der Waals surface area contributed by atoms with E-state index in [0.717, 1.165) is 16.6 Å². The highest BCUT2D eigenvalue weighted by atomic mass is 35.5. The second kappa shape index (κ2) is 6.85. The second-order valence-electron chi connectivity index (χ2n) is 5.51. The van der Waals surface area contributed by atoms with Gasteiger partial charge >= 0.3 is 0 Å². The highest BCUT2D eigenvalue weighted by Gasteiger charge is 2.12. The summed E-state index contributed by atoms with van der Waals surface area (Å²) in [6, 6.07) is 16.8. The number of pyridine rings is 1. The summed E-state index contributed by atoms with van der Waals surface area (Å²) in [6.07, 6.45) is 3.10. The number of ether oxygens (including phenoxy) is 1. The van der Waals surface area contributed by atoms with Gasteiger partial charge in [-0.25, -0.2) is 4.98 Å². The Hall–Kier alpha value is -3.38.